The Morgan fingerprint density at radius 3 is 2.42 bits per heavy atom. The average molecular weight is 169 g/mol. The Morgan fingerprint density at radius 2 is 2.00 bits per heavy atom. The van der Waals surface area contributed by atoms with Gasteiger partial charge in [0.1, 0.15) is 0 Å². The van der Waals surface area contributed by atoms with Crippen LogP contribution in [0.25, 0.3) is 0 Å². The molecule has 1 saturated carbocycles. The summed E-state index contributed by atoms with van der Waals surface area (Å²) in [6, 6.07) is 0. The predicted octanol–water partition coefficient (Wildman–Crippen LogP) is 2.09. The van der Waals surface area contributed by atoms with Gasteiger partial charge in [0.05, 0.1) is 0 Å². The van der Waals surface area contributed by atoms with Crippen molar-refractivity contribution in [1.29, 1.82) is 0 Å². The van der Waals surface area contributed by atoms with E-state index in [0.717, 1.165) is 6.54 Å². The maximum Gasteiger partial charge on any atom is 0.216 e. The fraction of sp³-hybridized carbons (Fsp3) is 0.900. The molecule has 1 N–H and O–H groups in total. The van der Waals surface area contributed by atoms with E-state index in [4.69, 9.17) is 0 Å². The van der Waals surface area contributed by atoms with Gasteiger partial charge in [-0.1, -0.05) is 19.8 Å². The summed E-state index contributed by atoms with van der Waals surface area (Å²) in [5, 5.41) is 2.94. The zero-order chi connectivity index (χ0) is 9.03. The van der Waals surface area contributed by atoms with E-state index in [2.05, 4.69) is 12.2 Å². The van der Waals surface area contributed by atoms with Gasteiger partial charge in [-0.3, -0.25) is 4.79 Å². The van der Waals surface area contributed by atoms with Crippen LogP contribution >= 0.6 is 0 Å². The van der Waals surface area contributed by atoms with Crippen LogP contribution in [0.3, 0.4) is 0 Å². The minimum Gasteiger partial charge on any atom is -0.356 e. The van der Waals surface area contributed by atoms with Gasteiger partial charge < -0.3 is 5.32 Å². The van der Waals surface area contributed by atoms with Crippen LogP contribution in [0.4, 0.5) is 0 Å². The third kappa shape index (κ3) is 2.23. The first-order valence-electron chi connectivity index (χ1n) is 4.93. The Labute approximate surface area is 74.7 Å². The third-order valence-corrected chi connectivity index (χ3v) is 3.13. The zero-order valence-electron chi connectivity index (χ0n) is 8.15. The highest BCUT2D eigenvalue weighted by Gasteiger charge is 2.31. The summed E-state index contributed by atoms with van der Waals surface area (Å²) in [5.41, 5.74) is 0.436. The highest BCUT2D eigenvalue weighted by atomic mass is 16.1. The average Bonchev–Trinajstić information content (AvgIpc) is 2.50. The first kappa shape index (κ1) is 9.56. The second kappa shape index (κ2) is 3.92. The third-order valence-electron chi connectivity index (χ3n) is 3.13. The fourth-order valence-corrected chi connectivity index (χ4v) is 2.09. The molecule has 0 aromatic heterocycles. The summed E-state index contributed by atoms with van der Waals surface area (Å²) in [5.74, 6) is 0.106. The minimum atomic E-state index is 0.106. The molecule has 1 aliphatic carbocycles. The molecule has 1 rings (SSSR count). The molecule has 0 aliphatic heterocycles. The molecule has 0 saturated heterocycles. The molecule has 1 fully saturated rings. The SMILES string of the molecule is CCC1(CNC(C)=O)CCCC1. The summed E-state index contributed by atoms with van der Waals surface area (Å²) in [6.45, 7) is 4.71. The van der Waals surface area contributed by atoms with Crippen LogP contribution in [0.5, 0.6) is 0 Å². The van der Waals surface area contributed by atoms with Crippen molar-refractivity contribution in [3.8, 4) is 0 Å². The molecular formula is C10H19NO. The van der Waals surface area contributed by atoms with Gasteiger partial charge in [0.25, 0.3) is 0 Å². The number of hydrogen-bond acceptors (Lipinski definition) is 1. The molecule has 0 heterocycles. The first-order chi connectivity index (χ1) is 5.68. The second-order valence-electron chi connectivity index (χ2n) is 3.97. The molecule has 0 radical (unpaired) electrons. The maximum atomic E-state index is 10.7. The molecule has 0 spiro atoms. The summed E-state index contributed by atoms with van der Waals surface area (Å²) in [4.78, 5) is 10.7. The van der Waals surface area contributed by atoms with Crippen molar-refractivity contribution in [3.05, 3.63) is 0 Å². The van der Waals surface area contributed by atoms with Gasteiger partial charge in [-0.15, -0.1) is 0 Å². The summed E-state index contributed by atoms with van der Waals surface area (Å²) >= 11 is 0. The smallest absolute Gasteiger partial charge is 0.216 e. The maximum absolute atomic E-state index is 10.7. The summed E-state index contributed by atoms with van der Waals surface area (Å²) < 4.78 is 0. The molecule has 70 valence electrons. The van der Waals surface area contributed by atoms with E-state index in [1.54, 1.807) is 6.92 Å². The van der Waals surface area contributed by atoms with E-state index in [0.29, 0.717) is 5.41 Å². The van der Waals surface area contributed by atoms with E-state index in [-0.39, 0.29) is 5.91 Å². The van der Waals surface area contributed by atoms with E-state index < -0.39 is 0 Å². The minimum absolute atomic E-state index is 0.106. The van der Waals surface area contributed by atoms with E-state index in [1.165, 1.54) is 32.1 Å². The van der Waals surface area contributed by atoms with Gasteiger partial charge in [0, 0.05) is 13.5 Å². The number of carbonyl (C=O) groups is 1. The van der Waals surface area contributed by atoms with Gasteiger partial charge in [0.15, 0.2) is 0 Å². The predicted molar refractivity (Wildman–Crippen MR) is 49.9 cm³/mol. The number of carbonyl (C=O) groups excluding carboxylic acids is 1. The monoisotopic (exact) mass is 169 g/mol. The normalized spacial score (nSPS) is 20.8. The fourth-order valence-electron chi connectivity index (χ4n) is 2.09. The van der Waals surface area contributed by atoms with Crippen molar-refractivity contribution < 1.29 is 4.79 Å². The molecular weight excluding hydrogens is 150 g/mol. The summed E-state index contributed by atoms with van der Waals surface area (Å²) in [6.07, 6.45) is 6.47. The Kier molecular flexibility index (Phi) is 3.12. The van der Waals surface area contributed by atoms with E-state index in [1.807, 2.05) is 0 Å². The van der Waals surface area contributed by atoms with Crippen molar-refractivity contribution in [2.24, 2.45) is 5.41 Å². The Hall–Kier alpha value is -0.530. The van der Waals surface area contributed by atoms with Crippen LogP contribution in [-0.2, 0) is 4.79 Å². The highest BCUT2D eigenvalue weighted by molar-refractivity contribution is 5.72. The number of nitrogens with one attached hydrogen (secondary N) is 1. The number of rotatable bonds is 3. The van der Waals surface area contributed by atoms with Crippen LogP contribution in [0.1, 0.15) is 46.0 Å². The molecule has 0 bridgehead atoms. The van der Waals surface area contributed by atoms with Crippen molar-refractivity contribution in [2.45, 2.75) is 46.0 Å². The molecule has 0 unspecified atom stereocenters. The summed E-state index contributed by atoms with van der Waals surface area (Å²) in [7, 11) is 0. The number of hydrogen-bond donors (Lipinski definition) is 1. The standard InChI is InChI=1S/C10H19NO/c1-3-10(6-4-5-7-10)8-11-9(2)12/h3-8H2,1-2H3,(H,11,12). The van der Waals surface area contributed by atoms with Crippen molar-refractivity contribution in [2.75, 3.05) is 6.54 Å². The molecule has 0 aromatic carbocycles. The largest absolute Gasteiger partial charge is 0.356 e. The van der Waals surface area contributed by atoms with Crippen LogP contribution in [0, 0.1) is 5.41 Å². The van der Waals surface area contributed by atoms with Gasteiger partial charge in [-0.25, -0.2) is 0 Å². The Balaban J connectivity index is 2.39. The highest BCUT2D eigenvalue weighted by Crippen LogP contribution is 2.40. The van der Waals surface area contributed by atoms with Crippen LogP contribution < -0.4 is 5.32 Å². The zero-order valence-corrected chi connectivity index (χ0v) is 8.15. The first-order valence-corrected chi connectivity index (χ1v) is 4.93. The van der Waals surface area contributed by atoms with Crippen molar-refractivity contribution in [1.82, 2.24) is 5.32 Å². The molecule has 1 amide bonds. The molecule has 0 aromatic rings. The van der Waals surface area contributed by atoms with Gasteiger partial charge in [0.2, 0.25) is 5.91 Å². The molecule has 2 heteroatoms. The van der Waals surface area contributed by atoms with Crippen LogP contribution in [0.2, 0.25) is 0 Å². The van der Waals surface area contributed by atoms with Gasteiger partial charge in [-0.05, 0) is 24.7 Å². The molecule has 2 nitrogen and oxygen atoms in total. The lowest BCUT2D eigenvalue weighted by Crippen LogP contribution is -2.34. The molecule has 0 atom stereocenters. The lowest BCUT2D eigenvalue weighted by atomic mass is 9.83. The van der Waals surface area contributed by atoms with Crippen molar-refractivity contribution >= 4 is 5.91 Å². The second-order valence-corrected chi connectivity index (χ2v) is 3.97. The molecule has 12 heavy (non-hydrogen) atoms. The van der Waals surface area contributed by atoms with Crippen molar-refractivity contribution in [3.63, 3.8) is 0 Å². The number of amides is 1. The van der Waals surface area contributed by atoms with E-state index >= 15 is 0 Å². The topological polar surface area (TPSA) is 29.1 Å². The molecule has 1 aliphatic rings. The van der Waals surface area contributed by atoms with Crippen LogP contribution in [-0.4, -0.2) is 12.5 Å². The van der Waals surface area contributed by atoms with E-state index in [9.17, 15) is 4.79 Å². The Morgan fingerprint density at radius 1 is 1.42 bits per heavy atom. The lowest BCUT2D eigenvalue weighted by molar-refractivity contribution is -0.119. The Bertz CT molecular complexity index is 159. The quantitative estimate of drug-likeness (QED) is 0.688. The lowest BCUT2D eigenvalue weighted by Gasteiger charge is -2.27. The van der Waals surface area contributed by atoms with Gasteiger partial charge >= 0.3 is 0 Å². The van der Waals surface area contributed by atoms with Gasteiger partial charge in [-0.2, -0.15) is 0 Å². The van der Waals surface area contributed by atoms with Crippen LogP contribution in [0.15, 0.2) is 0 Å².